The highest BCUT2D eigenvalue weighted by Gasteiger charge is 2.31. The molecule has 1 saturated heterocycles. The highest BCUT2D eigenvalue weighted by molar-refractivity contribution is 8.15. The third-order valence-electron chi connectivity index (χ3n) is 2.17. The van der Waals surface area contributed by atoms with Crippen molar-refractivity contribution in [1.29, 1.82) is 0 Å². The average molecular weight is 222 g/mol. The van der Waals surface area contributed by atoms with Crippen molar-refractivity contribution in [2.24, 2.45) is 4.99 Å². The normalized spacial score (nSPS) is 20.0. The van der Waals surface area contributed by atoms with Gasteiger partial charge in [-0.25, -0.2) is 10.1 Å². The van der Waals surface area contributed by atoms with Crippen molar-refractivity contribution in [3.63, 3.8) is 0 Å². The number of H-pyrrole nitrogens is 1. The summed E-state index contributed by atoms with van der Waals surface area (Å²) in [5.41, 5.74) is 0.819. The van der Waals surface area contributed by atoms with E-state index in [0.717, 1.165) is 10.7 Å². The smallest absolute Gasteiger partial charge is 0.239 e. The number of tetrazole rings is 1. The number of fused-ring (bicyclic) bond motifs is 1. The van der Waals surface area contributed by atoms with Crippen LogP contribution in [0.25, 0.3) is 5.57 Å². The van der Waals surface area contributed by atoms with Crippen LogP contribution in [0.15, 0.2) is 11.2 Å². The molecule has 3 heterocycles. The van der Waals surface area contributed by atoms with Crippen molar-refractivity contribution in [1.82, 2.24) is 25.5 Å². The summed E-state index contributed by atoms with van der Waals surface area (Å²) in [5.74, 6) is 1.11. The Morgan fingerprint density at radius 2 is 2.47 bits per heavy atom. The van der Waals surface area contributed by atoms with E-state index in [2.05, 4.69) is 25.6 Å². The predicted octanol–water partition coefficient (Wildman–Crippen LogP) is -0.514. The van der Waals surface area contributed by atoms with Crippen LogP contribution in [0, 0.1) is 0 Å². The van der Waals surface area contributed by atoms with Gasteiger partial charge in [0.05, 0.1) is 12.3 Å². The largest absolute Gasteiger partial charge is 0.286 e. The van der Waals surface area contributed by atoms with Crippen molar-refractivity contribution in [2.75, 3.05) is 12.3 Å². The van der Waals surface area contributed by atoms with Crippen LogP contribution in [0.2, 0.25) is 0 Å². The SMILES string of the molecule is O=C1CSC2=NC=C(c3nnn[nH]3)CN12. The lowest BCUT2D eigenvalue weighted by molar-refractivity contribution is -0.123. The molecule has 0 atom stereocenters. The van der Waals surface area contributed by atoms with E-state index in [-0.39, 0.29) is 5.91 Å². The molecule has 8 heteroatoms. The molecule has 3 rings (SSSR count). The van der Waals surface area contributed by atoms with E-state index in [0.29, 0.717) is 18.1 Å². The summed E-state index contributed by atoms with van der Waals surface area (Å²) in [4.78, 5) is 17.3. The molecule has 0 unspecified atom stereocenters. The molecule has 15 heavy (non-hydrogen) atoms. The van der Waals surface area contributed by atoms with Gasteiger partial charge in [0.1, 0.15) is 0 Å². The van der Waals surface area contributed by atoms with E-state index >= 15 is 0 Å². The molecule has 7 nitrogen and oxygen atoms in total. The molecule has 1 N–H and O–H groups in total. The third kappa shape index (κ3) is 1.33. The lowest BCUT2D eigenvalue weighted by atomic mass is 10.2. The first-order valence-corrected chi connectivity index (χ1v) is 5.27. The lowest BCUT2D eigenvalue weighted by Gasteiger charge is -2.19. The number of nitrogens with zero attached hydrogens (tertiary/aromatic N) is 5. The van der Waals surface area contributed by atoms with Gasteiger partial charge < -0.3 is 0 Å². The second-order valence-electron chi connectivity index (χ2n) is 3.08. The van der Waals surface area contributed by atoms with Gasteiger partial charge in [-0.05, 0) is 10.4 Å². The van der Waals surface area contributed by atoms with E-state index in [4.69, 9.17) is 0 Å². The standard InChI is InChI=1S/C7H6N6OS/c14-5-3-15-7-8-1-4(2-13(5)7)6-9-11-12-10-6/h1H,2-3H2,(H,9,10,11,12). The minimum absolute atomic E-state index is 0.0804. The summed E-state index contributed by atoms with van der Waals surface area (Å²) in [6.07, 6.45) is 1.69. The number of aliphatic imine (C=N–C) groups is 1. The van der Waals surface area contributed by atoms with E-state index in [1.807, 2.05) is 0 Å². The quantitative estimate of drug-likeness (QED) is 0.691. The molecular formula is C7H6N6OS. The van der Waals surface area contributed by atoms with Crippen LogP contribution in [0.1, 0.15) is 5.82 Å². The number of aromatic nitrogens is 4. The van der Waals surface area contributed by atoms with Gasteiger partial charge >= 0.3 is 0 Å². The van der Waals surface area contributed by atoms with Gasteiger partial charge in [-0.2, -0.15) is 0 Å². The van der Waals surface area contributed by atoms with Gasteiger partial charge in [0.2, 0.25) is 5.91 Å². The Labute approximate surface area is 88.6 Å². The molecule has 1 amide bonds. The third-order valence-corrected chi connectivity index (χ3v) is 3.14. The maximum atomic E-state index is 11.5. The minimum Gasteiger partial charge on any atom is -0.286 e. The average Bonchev–Trinajstić information content (AvgIpc) is 2.88. The van der Waals surface area contributed by atoms with Gasteiger partial charge in [-0.1, -0.05) is 11.8 Å². The molecule has 2 aliphatic heterocycles. The number of amides is 1. The second-order valence-corrected chi connectivity index (χ2v) is 4.03. The fourth-order valence-corrected chi connectivity index (χ4v) is 2.28. The number of aromatic amines is 1. The van der Waals surface area contributed by atoms with Crippen molar-refractivity contribution >= 4 is 28.4 Å². The summed E-state index contributed by atoms with van der Waals surface area (Å²) in [6.45, 7) is 0.488. The Hall–Kier alpha value is -1.70. The second kappa shape index (κ2) is 3.16. The highest BCUT2D eigenvalue weighted by atomic mass is 32.2. The van der Waals surface area contributed by atoms with Crippen molar-refractivity contribution in [2.45, 2.75) is 0 Å². The molecule has 0 saturated carbocycles. The maximum Gasteiger partial charge on any atom is 0.239 e. The zero-order valence-electron chi connectivity index (χ0n) is 7.54. The van der Waals surface area contributed by atoms with Gasteiger partial charge in [0.15, 0.2) is 11.0 Å². The van der Waals surface area contributed by atoms with Gasteiger partial charge in [0, 0.05) is 11.8 Å². The van der Waals surface area contributed by atoms with E-state index < -0.39 is 0 Å². The molecule has 1 aromatic rings. The van der Waals surface area contributed by atoms with Crippen LogP contribution in [-0.4, -0.2) is 48.9 Å². The molecule has 1 fully saturated rings. The number of thioether (sulfide) groups is 1. The molecule has 0 aliphatic carbocycles. The molecule has 2 aliphatic rings. The van der Waals surface area contributed by atoms with E-state index in [1.54, 1.807) is 11.1 Å². The highest BCUT2D eigenvalue weighted by Crippen LogP contribution is 2.26. The first kappa shape index (κ1) is 8.60. The minimum atomic E-state index is 0.0804. The van der Waals surface area contributed by atoms with Crippen LogP contribution >= 0.6 is 11.8 Å². The van der Waals surface area contributed by atoms with Crippen molar-refractivity contribution in [3.05, 3.63) is 12.0 Å². The molecule has 0 aromatic carbocycles. The van der Waals surface area contributed by atoms with E-state index in [9.17, 15) is 4.79 Å². The molecule has 0 spiro atoms. The van der Waals surface area contributed by atoms with Crippen LogP contribution in [0.4, 0.5) is 0 Å². The Morgan fingerprint density at radius 3 is 3.27 bits per heavy atom. The maximum absolute atomic E-state index is 11.5. The molecule has 0 radical (unpaired) electrons. The molecular weight excluding hydrogens is 216 g/mol. The summed E-state index contributed by atoms with van der Waals surface area (Å²) < 4.78 is 0. The number of amidine groups is 1. The first-order chi connectivity index (χ1) is 7.34. The lowest BCUT2D eigenvalue weighted by Crippen LogP contribution is -2.32. The predicted molar refractivity (Wildman–Crippen MR) is 53.8 cm³/mol. The monoisotopic (exact) mass is 222 g/mol. The van der Waals surface area contributed by atoms with Gasteiger partial charge in [-0.15, -0.1) is 5.10 Å². The number of carbonyl (C=O) groups is 1. The number of nitrogens with one attached hydrogen (secondary N) is 1. The number of carbonyl (C=O) groups excluding carboxylic acids is 1. The topological polar surface area (TPSA) is 87.1 Å². The van der Waals surface area contributed by atoms with Gasteiger partial charge in [0.25, 0.3) is 0 Å². The first-order valence-electron chi connectivity index (χ1n) is 4.29. The van der Waals surface area contributed by atoms with Crippen molar-refractivity contribution in [3.8, 4) is 0 Å². The van der Waals surface area contributed by atoms with Crippen LogP contribution < -0.4 is 0 Å². The summed E-state index contributed by atoms with van der Waals surface area (Å²) in [5, 5.41) is 14.2. The zero-order chi connectivity index (χ0) is 10.3. The van der Waals surface area contributed by atoms with Crippen LogP contribution in [0.3, 0.4) is 0 Å². The fourth-order valence-electron chi connectivity index (χ4n) is 1.43. The molecule has 1 aromatic heterocycles. The number of hydrogen-bond donors (Lipinski definition) is 1. The number of rotatable bonds is 1. The van der Waals surface area contributed by atoms with Crippen LogP contribution in [0.5, 0.6) is 0 Å². The van der Waals surface area contributed by atoms with E-state index in [1.165, 1.54) is 11.8 Å². The Kier molecular flexibility index (Phi) is 1.81. The van der Waals surface area contributed by atoms with Gasteiger partial charge in [-0.3, -0.25) is 9.69 Å². The number of hydrogen-bond acceptors (Lipinski definition) is 6. The summed E-state index contributed by atoms with van der Waals surface area (Å²) >= 11 is 1.45. The summed E-state index contributed by atoms with van der Waals surface area (Å²) in [7, 11) is 0. The molecule has 0 bridgehead atoms. The molecule has 76 valence electrons. The zero-order valence-corrected chi connectivity index (χ0v) is 8.36. The Balaban J connectivity index is 1.94. The summed E-state index contributed by atoms with van der Waals surface area (Å²) in [6, 6.07) is 0. The van der Waals surface area contributed by atoms with Crippen molar-refractivity contribution < 1.29 is 4.79 Å². The fraction of sp³-hybridized carbons (Fsp3) is 0.286. The Bertz CT molecular complexity index is 464. The Morgan fingerprint density at radius 1 is 1.53 bits per heavy atom. The van der Waals surface area contributed by atoms with Crippen LogP contribution in [-0.2, 0) is 4.79 Å².